The highest BCUT2D eigenvalue weighted by molar-refractivity contribution is 8.02. The molecule has 1 aromatic carbocycles. The average Bonchev–Trinajstić information content (AvgIpc) is 3.03. The van der Waals surface area contributed by atoms with Crippen molar-refractivity contribution in [3.63, 3.8) is 0 Å². The summed E-state index contributed by atoms with van der Waals surface area (Å²) in [5.74, 6) is -0.344. The van der Waals surface area contributed by atoms with Gasteiger partial charge in [-0.05, 0) is 32.9 Å². The van der Waals surface area contributed by atoms with Crippen molar-refractivity contribution in [3.8, 4) is 0 Å². The second kappa shape index (κ2) is 6.64. The number of amides is 2. The summed E-state index contributed by atoms with van der Waals surface area (Å²) in [6.45, 7) is 5.31. The lowest BCUT2D eigenvalue weighted by atomic mass is 9.96. The lowest BCUT2D eigenvalue weighted by Gasteiger charge is -2.42. The average molecular weight is 377 g/mol. The highest BCUT2D eigenvalue weighted by Crippen LogP contribution is 2.39. The minimum Gasteiger partial charge on any atom is -0.363 e. The number of hydrogen-bond donors (Lipinski definition) is 2. The van der Waals surface area contributed by atoms with E-state index in [-0.39, 0.29) is 11.8 Å². The van der Waals surface area contributed by atoms with Crippen molar-refractivity contribution in [3.05, 3.63) is 24.3 Å². The van der Waals surface area contributed by atoms with E-state index < -0.39 is 10.8 Å². The number of anilines is 3. The Morgan fingerprint density at radius 2 is 2.08 bits per heavy atom. The van der Waals surface area contributed by atoms with Crippen LogP contribution in [0.25, 0.3) is 0 Å². The third kappa shape index (κ3) is 3.21. The molecule has 1 aliphatic heterocycles. The molecule has 0 bridgehead atoms. The van der Waals surface area contributed by atoms with Gasteiger partial charge in [-0.2, -0.15) is 0 Å². The van der Waals surface area contributed by atoms with Crippen LogP contribution in [-0.2, 0) is 9.59 Å². The molecule has 25 heavy (non-hydrogen) atoms. The normalized spacial score (nSPS) is 16.8. The summed E-state index contributed by atoms with van der Waals surface area (Å²) in [5, 5.41) is 14.1. The molecule has 3 rings (SSSR count). The van der Waals surface area contributed by atoms with Crippen molar-refractivity contribution in [1.82, 2.24) is 10.2 Å². The molecule has 7 nitrogen and oxygen atoms in total. The molecule has 0 radical (unpaired) electrons. The number of benzene rings is 1. The van der Waals surface area contributed by atoms with Crippen LogP contribution in [0.5, 0.6) is 0 Å². The number of aromatic nitrogens is 2. The van der Waals surface area contributed by atoms with E-state index in [0.717, 1.165) is 0 Å². The van der Waals surface area contributed by atoms with Gasteiger partial charge in [-0.15, -0.1) is 10.2 Å². The van der Waals surface area contributed by atoms with Gasteiger partial charge in [0.2, 0.25) is 16.9 Å². The van der Waals surface area contributed by atoms with E-state index in [1.807, 2.05) is 25.1 Å². The molecule has 2 aromatic rings. The molecule has 1 aliphatic rings. The summed E-state index contributed by atoms with van der Waals surface area (Å²) in [4.78, 5) is 27.2. The Balaban J connectivity index is 1.89. The number of rotatable bonds is 4. The standard InChI is InChI=1S/C16H19N5O2S2/c1-9(24-15-20-19-14(17-4)25-15)12(22)21-11-8-6-5-7-10(11)18-13(23)16(21,2)3/h5-9H,1-4H3,(H,17,19)(H,18,23)/t9-/m0/s1. The Bertz CT molecular complexity index is 820. The molecule has 9 heteroatoms. The molecule has 0 aliphatic carbocycles. The first-order chi connectivity index (χ1) is 11.8. The fourth-order valence-electron chi connectivity index (χ4n) is 2.59. The summed E-state index contributed by atoms with van der Waals surface area (Å²) < 4.78 is 0.706. The molecule has 2 N–H and O–H groups in total. The second-order valence-corrected chi connectivity index (χ2v) is 8.65. The number of carbonyl (C=O) groups is 2. The fraction of sp³-hybridized carbons (Fsp3) is 0.375. The van der Waals surface area contributed by atoms with E-state index in [2.05, 4.69) is 20.8 Å². The summed E-state index contributed by atoms with van der Waals surface area (Å²) in [6, 6.07) is 7.33. The molecular formula is C16H19N5O2S2. The first kappa shape index (κ1) is 17.7. The van der Waals surface area contributed by atoms with E-state index >= 15 is 0 Å². The smallest absolute Gasteiger partial charge is 0.250 e. The summed E-state index contributed by atoms with van der Waals surface area (Å²) in [7, 11) is 1.77. The number of para-hydroxylation sites is 2. The van der Waals surface area contributed by atoms with Gasteiger partial charge >= 0.3 is 0 Å². The summed E-state index contributed by atoms with van der Waals surface area (Å²) >= 11 is 2.73. The van der Waals surface area contributed by atoms with Gasteiger partial charge in [0, 0.05) is 7.05 Å². The maximum absolute atomic E-state index is 13.2. The van der Waals surface area contributed by atoms with E-state index in [1.54, 1.807) is 31.9 Å². The molecular weight excluding hydrogens is 358 g/mol. The molecule has 2 heterocycles. The van der Waals surface area contributed by atoms with Gasteiger partial charge < -0.3 is 10.6 Å². The van der Waals surface area contributed by atoms with Crippen molar-refractivity contribution in [2.24, 2.45) is 0 Å². The van der Waals surface area contributed by atoms with Crippen LogP contribution in [0, 0.1) is 0 Å². The zero-order valence-electron chi connectivity index (χ0n) is 14.4. The Morgan fingerprint density at radius 1 is 1.36 bits per heavy atom. The minimum atomic E-state index is -0.975. The molecule has 0 fully saturated rings. The molecule has 2 amide bonds. The monoisotopic (exact) mass is 377 g/mol. The maximum atomic E-state index is 13.2. The zero-order valence-corrected chi connectivity index (χ0v) is 16.0. The van der Waals surface area contributed by atoms with Crippen molar-refractivity contribution >= 4 is 51.4 Å². The first-order valence-corrected chi connectivity index (χ1v) is 9.46. The van der Waals surface area contributed by atoms with Crippen molar-refractivity contribution < 1.29 is 9.59 Å². The lowest BCUT2D eigenvalue weighted by Crippen LogP contribution is -2.60. The van der Waals surface area contributed by atoms with Crippen molar-refractivity contribution in [2.45, 2.75) is 35.9 Å². The van der Waals surface area contributed by atoms with Gasteiger partial charge in [-0.3, -0.25) is 14.5 Å². The molecule has 0 saturated carbocycles. The van der Waals surface area contributed by atoms with Crippen LogP contribution < -0.4 is 15.5 Å². The Hall–Kier alpha value is -2.13. The van der Waals surface area contributed by atoms with Crippen LogP contribution in [-0.4, -0.2) is 39.8 Å². The third-order valence-electron chi connectivity index (χ3n) is 3.97. The molecule has 132 valence electrons. The van der Waals surface area contributed by atoms with Gasteiger partial charge in [-0.25, -0.2) is 0 Å². The number of hydrogen-bond acceptors (Lipinski definition) is 7. The van der Waals surface area contributed by atoms with Crippen LogP contribution in [0.1, 0.15) is 20.8 Å². The SMILES string of the molecule is CNc1nnc(S[C@@H](C)C(=O)N2c3ccccc3NC(=O)C2(C)C)s1. The van der Waals surface area contributed by atoms with E-state index in [4.69, 9.17) is 0 Å². The number of nitrogens with one attached hydrogen (secondary N) is 2. The van der Waals surface area contributed by atoms with Gasteiger partial charge in [0.15, 0.2) is 4.34 Å². The van der Waals surface area contributed by atoms with E-state index in [0.29, 0.717) is 20.8 Å². The molecule has 0 saturated heterocycles. The van der Waals surface area contributed by atoms with E-state index in [1.165, 1.54) is 23.1 Å². The zero-order chi connectivity index (χ0) is 18.2. The van der Waals surface area contributed by atoms with Crippen molar-refractivity contribution in [2.75, 3.05) is 22.6 Å². The van der Waals surface area contributed by atoms with Gasteiger partial charge in [0.05, 0.1) is 16.6 Å². The summed E-state index contributed by atoms with van der Waals surface area (Å²) in [6.07, 6.45) is 0. The predicted octanol–water partition coefficient (Wildman–Crippen LogP) is 2.82. The minimum absolute atomic E-state index is 0.140. The van der Waals surface area contributed by atoms with Gasteiger partial charge in [-0.1, -0.05) is 35.2 Å². The first-order valence-electron chi connectivity index (χ1n) is 7.77. The number of nitrogens with zero attached hydrogens (tertiary/aromatic N) is 3. The van der Waals surface area contributed by atoms with Crippen molar-refractivity contribution in [1.29, 1.82) is 0 Å². The van der Waals surface area contributed by atoms with Crippen LogP contribution in [0.3, 0.4) is 0 Å². The topological polar surface area (TPSA) is 87.2 Å². The lowest BCUT2D eigenvalue weighted by molar-refractivity contribution is -0.126. The summed E-state index contributed by atoms with van der Waals surface area (Å²) in [5.41, 5.74) is 0.376. The highest BCUT2D eigenvalue weighted by Gasteiger charge is 2.44. The molecule has 1 atom stereocenters. The van der Waals surface area contributed by atoms with Crippen LogP contribution in [0.2, 0.25) is 0 Å². The largest absolute Gasteiger partial charge is 0.363 e. The molecule has 1 aromatic heterocycles. The third-order valence-corrected chi connectivity index (χ3v) is 6.09. The Labute approximate surface area is 154 Å². The fourth-order valence-corrected chi connectivity index (χ4v) is 4.48. The second-order valence-electron chi connectivity index (χ2n) is 6.09. The Kier molecular flexibility index (Phi) is 4.70. The highest BCUT2D eigenvalue weighted by atomic mass is 32.2. The van der Waals surface area contributed by atoms with Crippen LogP contribution >= 0.6 is 23.1 Å². The predicted molar refractivity (Wildman–Crippen MR) is 101 cm³/mol. The van der Waals surface area contributed by atoms with Gasteiger partial charge in [0.25, 0.3) is 0 Å². The molecule has 0 spiro atoms. The quantitative estimate of drug-likeness (QED) is 0.797. The Morgan fingerprint density at radius 3 is 2.76 bits per heavy atom. The number of thioether (sulfide) groups is 1. The van der Waals surface area contributed by atoms with Gasteiger partial charge in [0.1, 0.15) is 5.54 Å². The molecule has 0 unspecified atom stereocenters. The maximum Gasteiger partial charge on any atom is 0.250 e. The number of carbonyl (C=O) groups excluding carboxylic acids is 2. The van der Waals surface area contributed by atoms with E-state index in [9.17, 15) is 9.59 Å². The van der Waals surface area contributed by atoms with Crippen LogP contribution in [0.4, 0.5) is 16.5 Å². The van der Waals surface area contributed by atoms with Crippen LogP contribution in [0.15, 0.2) is 28.6 Å². The number of fused-ring (bicyclic) bond motifs is 1.